The summed E-state index contributed by atoms with van der Waals surface area (Å²) >= 11 is 3.20. The average Bonchev–Trinajstić information content (AvgIpc) is 3.18. The summed E-state index contributed by atoms with van der Waals surface area (Å²) in [7, 11) is 0. The Labute approximate surface area is 128 Å². The minimum atomic E-state index is 0.884. The number of aromatic nitrogens is 4. The highest BCUT2D eigenvalue weighted by molar-refractivity contribution is 7.21. The lowest BCUT2D eigenvalue weighted by Gasteiger charge is -2.00. The van der Waals surface area contributed by atoms with Gasteiger partial charge in [-0.05, 0) is 19.1 Å². The maximum Gasteiger partial charge on any atom is 0.212 e. The lowest BCUT2D eigenvalue weighted by Crippen LogP contribution is -1.90. The summed E-state index contributed by atoms with van der Waals surface area (Å²) in [6.07, 6.45) is 1.58. The quantitative estimate of drug-likeness (QED) is 0.622. The van der Waals surface area contributed by atoms with Crippen LogP contribution in [0.15, 0.2) is 42.0 Å². The summed E-state index contributed by atoms with van der Waals surface area (Å²) in [5.74, 6) is 0. The minimum absolute atomic E-state index is 0.884. The molecule has 0 aliphatic rings. The molecule has 4 rings (SSSR count). The van der Waals surface area contributed by atoms with E-state index in [1.807, 2.05) is 41.8 Å². The molecule has 21 heavy (non-hydrogen) atoms. The Hall–Kier alpha value is -2.25. The lowest BCUT2D eigenvalue weighted by molar-refractivity contribution is 0.933. The molecule has 0 aliphatic heterocycles. The van der Waals surface area contributed by atoms with Crippen molar-refractivity contribution >= 4 is 38.5 Å². The molecule has 0 unspecified atom stereocenters. The van der Waals surface area contributed by atoms with Crippen molar-refractivity contribution in [2.45, 2.75) is 6.92 Å². The fourth-order valence-electron chi connectivity index (χ4n) is 2.11. The molecule has 0 atom stereocenters. The molecular formula is C14H11N5S2. The van der Waals surface area contributed by atoms with Crippen LogP contribution in [0.3, 0.4) is 0 Å². The molecular weight excluding hydrogens is 302 g/mol. The fraction of sp³-hybridized carbons (Fsp3) is 0.0714. The van der Waals surface area contributed by atoms with Crippen molar-refractivity contribution in [2.75, 3.05) is 5.32 Å². The SMILES string of the molecule is Cc1c(-c2csc(Nc3ccccc3)n2)sc2ncnn12. The first-order chi connectivity index (χ1) is 10.3. The normalized spacial score (nSPS) is 11.1. The molecule has 104 valence electrons. The van der Waals surface area contributed by atoms with E-state index in [1.54, 1.807) is 29.0 Å². The number of thiazole rings is 2. The van der Waals surface area contributed by atoms with Gasteiger partial charge < -0.3 is 5.32 Å². The third-order valence-corrected chi connectivity index (χ3v) is 5.05. The Balaban J connectivity index is 1.67. The van der Waals surface area contributed by atoms with Gasteiger partial charge in [-0.3, -0.25) is 0 Å². The zero-order chi connectivity index (χ0) is 14.2. The Morgan fingerprint density at radius 3 is 2.86 bits per heavy atom. The number of anilines is 2. The van der Waals surface area contributed by atoms with Crippen molar-refractivity contribution in [2.24, 2.45) is 0 Å². The second-order valence-corrected chi connectivity index (χ2v) is 6.34. The highest BCUT2D eigenvalue weighted by Gasteiger charge is 2.14. The molecule has 1 aromatic carbocycles. The number of rotatable bonds is 3. The van der Waals surface area contributed by atoms with Gasteiger partial charge in [0.1, 0.15) is 6.33 Å². The smallest absolute Gasteiger partial charge is 0.212 e. The van der Waals surface area contributed by atoms with Crippen molar-refractivity contribution in [3.63, 3.8) is 0 Å². The number of hydrogen-bond acceptors (Lipinski definition) is 6. The summed E-state index contributed by atoms with van der Waals surface area (Å²) < 4.78 is 1.85. The van der Waals surface area contributed by atoms with Crippen LogP contribution in [0.25, 0.3) is 15.5 Å². The van der Waals surface area contributed by atoms with E-state index in [-0.39, 0.29) is 0 Å². The van der Waals surface area contributed by atoms with Gasteiger partial charge in [-0.2, -0.15) is 5.10 Å². The van der Waals surface area contributed by atoms with Crippen LogP contribution in [0.5, 0.6) is 0 Å². The molecule has 7 heteroatoms. The Bertz CT molecular complexity index is 891. The van der Waals surface area contributed by atoms with Crippen LogP contribution in [0, 0.1) is 6.92 Å². The zero-order valence-corrected chi connectivity index (χ0v) is 12.8. The molecule has 0 spiro atoms. The van der Waals surface area contributed by atoms with E-state index in [2.05, 4.69) is 25.8 Å². The summed E-state index contributed by atoms with van der Waals surface area (Å²) in [5, 5.41) is 10.5. The fourth-order valence-corrected chi connectivity index (χ4v) is 3.90. The first-order valence-corrected chi connectivity index (χ1v) is 8.08. The zero-order valence-electron chi connectivity index (χ0n) is 11.1. The summed E-state index contributed by atoms with van der Waals surface area (Å²) in [5.41, 5.74) is 3.08. The number of aryl methyl sites for hydroxylation is 1. The molecule has 0 amide bonds. The summed E-state index contributed by atoms with van der Waals surface area (Å²) in [4.78, 5) is 10.9. The van der Waals surface area contributed by atoms with Gasteiger partial charge in [0.05, 0.1) is 16.3 Å². The van der Waals surface area contributed by atoms with E-state index in [4.69, 9.17) is 0 Å². The molecule has 0 saturated heterocycles. The van der Waals surface area contributed by atoms with Gasteiger partial charge in [-0.1, -0.05) is 29.5 Å². The molecule has 3 aromatic heterocycles. The third kappa shape index (κ3) is 2.20. The number of fused-ring (bicyclic) bond motifs is 1. The highest BCUT2D eigenvalue weighted by atomic mass is 32.1. The predicted octanol–water partition coefficient (Wildman–Crippen LogP) is 3.97. The van der Waals surface area contributed by atoms with Crippen molar-refractivity contribution in [1.82, 2.24) is 19.6 Å². The van der Waals surface area contributed by atoms with Crippen LogP contribution >= 0.6 is 22.7 Å². The van der Waals surface area contributed by atoms with Crippen LogP contribution in [0.4, 0.5) is 10.8 Å². The van der Waals surface area contributed by atoms with Crippen molar-refractivity contribution in [3.8, 4) is 10.6 Å². The van der Waals surface area contributed by atoms with Gasteiger partial charge in [0.25, 0.3) is 0 Å². The number of nitrogens with one attached hydrogen (secondary N) is 1. The minimum Gasteiger partial charge on any atom is -0.332 e. The number of benzene rings is 1. The number of hydrogen-bond donors (Lipinski definition) is 1. The second-order valence-electron chi connectivity index (χ2n) is 4.50. The molecule has 0 radical (unpaired) electrons. The summed E-state index contributed by atoms with van der Waals surface area (Å²) in [6.45, 7) is 2.04. The topological polar surface area (TPSA) is 55.1 Å². The maximum absolute atomic E-state index is 4.66. The van der Waals surface area contributed by atoms with E-state index in [9.17, 15) is 0 Å². The van der Waals surface area contributed by atoms with Crippen LogP contribution in [-0.2, 0) is 0 Å². The van der Waals surface area contributed by atoms with Crippen molar-refractivity contribution in [1.29, 1.82) is 0 Å². The second kappa shape index (κ2) is 4.94. The predicted molar refractivity (Wildman–Crippen MR) is 86.4 cm³/mol. The molecule has 0 bridgehead atoms. The van der Waals surface area contributed by atoms with Gasteiger partial charge in [0.2, 0.25) is 4.96 Å². The van der Waals surface area contributed by atoms with Gasteiger partial charge >= 0.3 is 0 Å². The Morgan fingerprint density at radius 2 is 2.05 bits per heavy atom. The van der Waals surface area contributed by atoms with E-state index in [1.165, 1.54) is 0 Å². The molecule has 4 aromatic rings. The molecule has 0 saturated carbocycles. The van der Waals surface area contributed by atoms with Gasteiger partial charge in [-0.15, -0.1) is 11.3 Å². The van der Waals surface area contributed by atoms with Crippen molar-refractivity contribution in [3.05, 3.63) is 47.7 Å². The van der Waals surface area contributed by atoms with E-state index >= 15 is 0 Å². The van der Waals surface area contributed by atoms with Crippen LogP contribution in [0.2, 0.25) is 0 Å². The number of para-hydroxylation sites is 1. The first-order valence-electron chi connectivity index (χ1n) is 6.38. The average molecular weight is 313 g/mol. The molecule has 5 nitrogen and oxygen atoms in total. The van der Waals surface area contributed by atoms with Crippen LogP contribution < -0.4 is 5.32 Å². The number of nitrogens with zero attached hydrogens (tertiary/aromatic N) is 4. The van der Waals surface area contributed by atoms with E-state index in [0.717, 1.165) is 32.0 Å². The third-order valence-electron chi connectivity index (χ3n) is 3.12. The summed E-state index contributed by atoms with van der Waals surface area (Å²) in [6, 6.07) is 10.0. The van der Waals surface area contributed by atoms with E-state index < -0.39 is 0 Å². The van der Waals surface area contributed by atoms with Gasteiger partial charge in [0, 0.05) is 11.1 Å². The lowest BCUT2D eigenvalue weighted by atomic mass is 10.3. The molecule has 0 aliphatic carbocycles. The highest BCUT2D eigenvalue weighted by Crippen LogP contribution is 2.34. The van der Waals surface area contributed by atoms with Gasteiger partial charge in [0.15, 0.2) is 5.13 Å². The Morgan fingerprint density at radius 1 is 1.19 bits per heavy atom. The van der Waals surface area contributed by atoms with Crippen molar-refractivity contribution < 1.29 is 0 Å². The van der Waals surface area contributed by atoms with E-state index in [0.29, 0.717) is 0 Å². The molecule has 3 heterocycles. The largest absolute Gasteiger partial charge is 0.332 e. The van der Waals surface area contributed by atoms with Crippen LogP contribution in [-0.4, -0.2) is 19.6 Å². The maximum atomic E-state index is 4.66. The van der Waals surface area contributed by atoms with Gasteiger partial charge in [-0.25, -0.2) is 14.5 Å². The monoisotopic (exact) mass is 313 g/mol. The molecule has 1 N–H and O–H groups in total. The first kappa shape index (κ1) is 12.5. The standard InChI is InChI=1S/C14H11N5S2/c1-9-12(21-14-15-8-16-19(9)14)11-7-20-13(18-11)17-10-5-3-2-4-6-10/h2-8H,1H3,(H,17,18). The molecule has 0 fully saturated rings. The Kier molecular flexibility index (Phi) is 2.94. The van der Waals surface area contributed by atoms with Crippen LogP contribution in [0.1, 0.15) is 5.69 Å².